The van der Waals surface area contributed by atoms with E-state index < -0.39 is 0 Å². The summed E-state index contributed by atoms with van der Waals surface area (Å²) in [5.74, 6) is -0.294. The van der Waals surface area contributed by atoms with Gasteiger partial charge in [-0.1, -0.05) is 27.5 Å². The van der Waals surface area contributed by atoms with E-state index >= 15 is 0 Å². The number of hydrogen-bond donors (Lipinski definition) is 1. The van der Waals surface area contributed by atoms with Gasteiger partial charge in [-0.2, -0.15) is 5.26 Å². The Morgan fingerprint density at radius 3 is 3.00 bits per heavy atom. The number of nitrogens with zero attached hydrogens (tertiary/aromatic N) is 1. The number of benzene rings is 1. The summed E-state index contributed by atoms with van der Waals surface area (Å²) in [6, 6.07) is 7.33. The van der Waals surface area contributed by atoms with Crippen LogP contribution in [-0.4, -0.2) is 5.91 Å². The van der Waals surface area contributed by atoms with Crippen molar-refractivity contribution in [2.24, 2.45) is 0 Å². The summed E-state index contributed by atoms with van der Waals surface area (Å²) in [4.78, 5) is 13.6. The lowest BCUT2D eigenvalue weighted by molar-refractivity contribution is 0.102. The van der Waals surface area contributed by atoms with Gasteiger partial charge < -0.3 is 5.32 Å². The smallest absolute Gasteiger partial charge is 0.257 e. The first-order valence-electron chi connectivity index (χ1n) is 6.41. The maximum atomic E-state index is 12.4. The van der Waals surface area contributed by atoms with Gasteiger partial charge >= 0.3 is 0 Å². The number of nitriles is 1. The highest BCUT2D eigenvalue weighted by molar-refractivity contribution is 9.10. The molecule has 0 saturated carbocycles. The highest BCUT2D eigenvalue weighted by atomic mass is 79.9. The van der Waals surface area contributed by atoms with Crippen molar-refractivity contribution >= 4 is 49.8 Å². The van der Waals surface area contributed by atoms with E-state index in [4.69, 9.17) is 11.6 Å². The van der Waals surface area contributed by atoms with E-state index in [1.54, 1.807) is 18.2 Å². The van der Waals surface area contributed by atoms with Crippen LogP contribution in [0.5, 0.6) is 0 Å². The van der Waals surface area contributed by atoms with Crippen LogP contribution in [0.25, 0.3) is 0 Å². The summed E-state index contributed by atoms with van der Waals surface area (Å²) < 4.78 is 0.784. The molecule has 1 aliphatic carbocycles. The maximum Gasteiger partial charge on any atom is 0.257 e. The number of anilines is 1. The normalized spacial score (nSPS) is 12.8. The second kappa shape index (κ2) is 5.80. The average molecular weight is 382 g/mol. The Labute approximate surface area is 139 Å². The molecule has 1 aromatic heterocycles. The third kappa shape index (κ3) is 2.71. The van der Waals surface area contributed by atoms with Gasteiger partial charge in [0, 0.05) is 9.35 Å². The fourth-order valence-corrected chi connectivity index (χ4v) is 4.25. The Kier molecular flexibility index (Phi) is 4.03. The number of carbonyl (C=O) groups excluding carboxylic acids is 1. The fraction of sp³-hybridized carbons (Fsp3) is 0.200. The molecule has 0 fully saturated rings. The van der Waals surface area contributed by atoms with E-state index in [-0.39, 0.29) is 5.91 Å². The SMILES string of the molecule is N#Cc1c(NC(=O)c2cc(Br)ccc2Cl)sc2c1CCC2. The van der Waals surface area contributed by atoms with Crippen molar-refractivity contribution in [1.82, 2.24) is 0 Å². The summed E-state index contributed by atoms with van der Waals surface area (Å²) in [7, 11) is 0. The number of aryl methyl sites for hydroxylation is 1. The number of carbonyl (C=O) groups is 1. The average Bonchev–Trinajstić information content (AvgIpc) is 3.01. The number of rotatable bonds is 2. The lowest BCUT2D eigenvalue weighted by Gasteiger charge is -2.06. The minimum atomic E-state index is -0.294. The second-order valence-corrected chi connectivity index (χ2v) is 7.18. The third-order valence-corrected chi connectivity index (χ3v) is 5.46. The molecule has 1 amide bonds. The predicted octanol–water partition coefficient (Wildman–Crippen LogP) is 4.78. The highest BCUT2D eigenvalue weighted by Gasteiger charge is 2.23. The molecule has 6 heteroatoms. The molecule has 1 heterocycles. The molecule has 0 spiro atoms. The van der Waals surface area contributed by atoms with Crippen molar-refractivity contribution in [3.8, 4) is 6.07 Å². The molecule has 2 aromatic rings. The van der Waals surface area contributed by atoms with Gasteiger partial charge in [-0.05, 0) is 43.0 Å². The zero-order chi connectivity index (χ0) is 15.0. The summed E-state index contributed by atoms with van der Waals surface area (Å²) in [6.07, 6.45) is 2.99. The Bertz CT molecular complexity index is 779. The van der Waals surface area contributed by atoms with Crippen LogP contribution in [-0.2, 0) is 12.8 Å². The maximum absolute atomic E-state index is 12.4. The highest BCUT2D eigenvalue weighted by Crippen LogP contribution is 2.38. The van der Waals surface area contributed by atoms with Crippen LogP contribution in [0.15, 0.2) is 22.7 Å². The Morgan fingerprint density at radius 1 is 1.43 bits per heavy atom. The minimum Gasteiger partial charge on any atom is -0.312 e. The molecule has 0 saturated heterocycles. The van der Waals surface area contributed by atoms with Crippen LogP contribution in [0.2, 0.25) is 5.02 Å². The first kappa shape index (κ1) is 14.6. The van der Waals surface area contributed by atoms with Crippen molar-refractivity contribution in [3.63, 3.8) is 0 Å². The molecular formula is C15H10BrClN2OS. The van der Waals surface area contributed by atoms with Crippen LogP contribution in [0.1, 0.15) is 32.8 Å². The molecule has 0 atom stereocenters. The molecule has 0 radical (unpaired) electrons. The van der Waals surface area contributed by atoms with Gasteiger partial charge in [0.15, 0.2) is 0 Å². The first-order chi connectivity index (χ1) is 10.1. The van der Waals surface area contributed by atoms with Gasteiger partial charge in [-0.25, -0.2) is 0 Å². The van der Waals surface area contributed by atoms with Crippen molar-refractivity contribution in [3.05, 3.63) is 49.3 Å². The number of amides is 1. The first-order valence-corrected chi connectivity index (χ1v) is 8.40. The molecule has 21 heavy (non-hydrogen) atoms. The molecular weight excluding hydrogens is 372 g/mol. The molecule has 0 bridgehead atoms. The lowest BCUT2D eigenvalue weighted by Crippen LogP contribution is -2.12. The molecule has 106 valence electrons. The van der Waals surface area contributed by atoms with E-state index in [9.17, 15) is 10.1 Å². The van der Waals surface area contributed by atoms with Gasteiger partial charge in [0.1, 0.15) is 11.1 Å². The molecule has 0 aliphatic heterocycles. The monoisotopic (exact) mass is 380 g/mol. The Morgan fingerprint density at radius 2 is 2.24 bits per heavy atom. The van der Waals surface area contributed by atoms with Gasteiger partial charge in [0.05, 0.1) is 16.1 Å². The van der Waals surface area contributed by atoms with Gasteiger partial charge in [0.25, 0.3) is 5.91 Å². The Balaban J connectivity index is 1.92. The number of nitrogens with one attached hydrogen (secondary N) is 1. The van der Waals surface area contributed by atoms with Crippen molar-refractivity contribution in [1.29, 1.82) is 5.26 Å². The molecule has 1 aliphatic rings. The lowest BCUT2D eigenvalue weighted by atomic mass is 10.1. The van der Waals surface area contributed by atoms with Crippen molar-refractivity contribution in [2.75, 3.05) is 5.32 Å². The van der Waals surface area contributed by atoms with Crippen LogP contribution < -0.4 is 5.32 Å². The van der Waals surface area contributed by atoms with E-state index in [1.807, 2.05) is 0 Å². The topological polar surface area (TPSA) is 52.9 Å². The van der Waals surface area contributed by atoms with Gasteiger partial charge in [-0.15, -0.1) is 11.3 Å². The van der Waals surface area contributed by atoms with Crippen LogP contribution in [0.4, 0.5) is 5.00 Å². The van der Waals surface area contributed by atoms with Crippen molar-refractivity contribution < 1.29 is 4.79 Å². The molecule has 3 nitrogen and oxygen atoms in total. The molecule has 1 N–H and O–H groups in total. The number of hydrogen-bond acceptors (Lipinski definition) is 3. The summed E-state index contributed by atoms with van der Waals surface area (Å²) >= 11 is 10.9. The largest absolute Gasteiger partial charge is 0.312 e. The van der Waals surface area contributed by atoms with E-state index in [2.05, 4.69) is 27.3 Å². The fourth-order valence-electron chi connectivity index (χ4n) is 2.45. The zero-order valence-corrected chi connectivity index (χ0v) is 14.0. The van der Waals surface area contributed by atoms with E-state index in [0.29, 0.717) is 21.2 Å². The summed E-state index contributed by atoms with van der Waals surface area (Å²) in [5, 5.41) is 13.2. The van der Waals surface area contributed by atoms with E-state index in [0.717, 1.165) is 29.3 Å². The summed E-state index contributed by atoms with van der Waals surface area (Å²) in [5.41, 5.74) is 2.09. The third-order valence-electron chi connectivity index (χ3n) is 3.43. The van der Waals surface area contributed by atoms with Crippen LogP contribution in [0, 0.1) is 11.3 Å². The standard InChI is InChI=1S/C15H10BrClN2OS/c16-8-4-5-12(17)10(6-8)14(20)19-15-11(7-18)9-2-1-3-13(9)21-15/h4-6H,1-3H2,(H,19,20). The number of halogens is 2. The minimum absolute atomic E-state index is 0.294. The van der Waals surface area contributed by atoms with Crippen LogP contribution >= 0.6 is 38.9 Å². The number of thiophene rings is 1. The van der Waals surface area contributed by atoms with Crippen molar-refractivity contribution in [2.45, 2.75) is 19.3 Å². The molecule has 0 unspecified atom stereocenters. The predicted molar refractivity (Wildman–Crippen MR) is 88.2 cm³/mol. The molecule has 1 aromatic carbocycles. The summed E-state index contributed by atoms with van der Waals surface area (Å²) in [6.45, 7) is 0. The zero-order valence-electron chi connectivity index (χ0n) is 10.9. The van der Waals surface area contributed by atoms with Crippen LogP contribution in [0.3, 0.4) is 0 Å². The number of fused-ring (bicyclic) bond motifs is 1. The second-order valence-electron chi connectivity index (χ2n) is 4.75. The van der Waals surface area contributed by atoms with Gasteiger partial charge in [-0.3, -0.25) is 4.79 Å². The van der Waals surface area contributed by atoms with E-state index in [1.165, 1.54) is 16.2 Å². The van der Waals surface area contributed by atoms with Gasteiger partial charge in [0.2, 0.25) is 0 Å². The molecule has 3 rings (SSSR count). The Hall–Kier alpha value is -1.35. The quantitative estimate of drug-likeness (QED) is 0.814.